The molecule has 1 heterocycles. The predicted molar refractivity (Wildman–Crippen MR) is 76.9 cm³/mol. The maximum Gasteiger partial charge on any atom is 0.0588 e. The lowest BCUT2D eigenvalue weighted by atomic mass is 10.1. The van der Waals surface area contributed by atoms with Gasteiger partial charge in [-0.2, -0.15) is 0 Å². The molecule has 0 spiro atoms. The van der Waals surface area contributed by atoms with Gasteiger partial charge >= 0.3 is 0 Å². The summed E-state index contributed by atoms with van der Waals surface area (Å²) >= 11 is 1.75. The summed E-state index contributed by atoms with van der Waals surface area (Å²) in [5.74, 6) is 0. The highest BCUT2D eigenvalue weighted by molar-refractivity contribution is 7.10. The summed E-state index contributed by atoms with van der Waals surface area (Å²) in [4.78, 5) is 1.31. The molecule has 0 fully saturated rings. The van der Waals surface area contributed by atoms with Crippen molar-refractivity contribution in [1.82, 2.24) is 5.32 Å². The average Bonchev–Trinajstić information content (AvgIpc) is 2.93. The van der Waals surface area contributed by atoms with Gasteiger partial charge in [0.15, 0.2) is 0 Å². The van der Waals surface area contributed by atoms with Crippen molar-refractivity contribution >= 4 is 11.3 Å². The van der Waals surface area contributed by atoms with E-state index in [0.29, 0.717) is 0 Å². The predicted octanol–water partition coefficient (Wildman–Crippen LogP) is 3.00. The molecule has 0 aliphatic heterocycles. The fraction of sp³-hybridized carbons (Fsp3) is 0.333. The van der Waals surface area contributed by atoms with Crippen molar-refractivity contribution in [1.29, 1.82) is 0 Å². The molecule has 2 N–H and O–H groups in total. The van der Waals surface area contributed by atoms with Crippen molar-refractivity contribution in [2.24, 2.45) is 0 Å². The highest BCUT2D eigenvalue weighted by atomic mass is 32.1. The van der Waals surface area contributed by atoms with E-state index in [2.05, 4.69) is 41.9 Å². The first kappa shape index (κ1) is 13.3. The maximum absolute atomic E-state index is 9.47. The Morgan fingerprint density at radius 2 is 1.94 bits per heavy atom. The van der Waals surface area contributed by atoms with Crippen LogP contribution >= 0.6 is 11.3 Å². The first-order valence-corrected chi connectivity index (χ1v) is 7.12. The molecule has 2 atom stereocenters. The Hall–Kier alpha value is -1.16. The zero-order valence-corrected chi connectivity index (χ0v) is 11.4. The summed E-state index contributed by atoms with van der Waals surface area (Å²) in [7, 11) is 0. The molecule has 0 saturated carbocycles. The van der Waals surface area contributed by atoms with E-state index in [0.717, 1.165) is 6.42 Å². The summed E-state index contributed by atoms with van der Waals surface area (Å²) in [5.41, 5.74) is 1.25. The topological polar surface area (TPSA) is 32.3 Å². The number of hydrogen-bond donors (Lipinski definition) is 2. The van der Waals surface area contributed by atoms with E-state index < -0.39 is 0 Å². The van der Waals surface area contributed by atoms with Crippen molar-refractivity contribution in [2.75, 3.05) is 6.61 Å². The second-order valence-electron chi connectivity index (χ2n) is 4.47. The number of rotatable bonds is 6. The van der Waals surface area contributed by atoms with Gasteiger partial charge in [0.05, 0.1) is 6.61 Å². The molecule has 3 heteroatoms. The van der Waals surface area contributed by atoms with Crippen LogP contribution < -0.4 is 5.32 Å². The molecular formula is C15H19NOS. The summed E-state index contributed by atoms with van der Waals surface area (Å²) < 4.78 is 0. The quantitative estimate of drug-likeness (QED) is 0.838. The van der Waals surface area contributed by atoms with Gasteiger partial charge in [0.25, 0.3) is 0 Å². The van der Waals surface area contributed by atoms with Crippen LogP contribution in [0, 0.1) is 0 Å². The molecule has 2 nitrogen and oxygen atoms in total. The molecule has 96 valence electrons. The zero-order valence-electron chi connectivity index (χ0n) is 10.5. The Morgan fingerprint density at radius 3 is 2.56 bits per heavy atom. The normalized spacial score (nSPS) is 14.3. The van der Waals surface area contributed by atoms with E-state index in [1.807, 2.05) is 18.2 Å². The number of benzene rings is 1. The van der Waals surface area contributed by atoms with Gasteiger partial charge in [0.1, 0.15) is 0 Å². The highest BCUT2D eigenvalue weighted by Gasteiger charge is 2.13. The minimum Gasteiger partial charge on any atom is -0.395 e. The van der Waals surface area contributed by atoms with E-state index in [4.69, 9.17) is 0 Å². The number of thiophene rings is 1. The molecule has 0 bridgehead atoms. The average molecular weight is 261 g/mol. The summed E-state index contributed by atoms with van der Waals surface area (Å²) in [6, 6.07) is 14.8. The van der Waals surface area contributed by atoms with Crippen molar-refractivity contribution in [3.05, 3.63) is 58.3 Å². The summed E-state index contributed by atoms with van der Waals surface area (Å²) in [6.07, 6.45) is 0.854. The molecule has 2 rings (SSSR count). The third-order valence-electron chi connectivity index (χ3n) is 3.00. The van der Waals surface area contributed by atoms with Gasteiger partial charge in [-0.3, -0.25) is 0 Å². The lowest BCUT2D eigenvalue weighted by molar-refractivity contribution is 0.233. The van der Waals surface area contributed by atoms with E-state index in [1.54, 1.807) is 11.3 Å². The highest BCUT2D eigenvalue weighted by Crippen LogP contribution is 2.19. The standard InChI is InChI=1S/C15H19NOS/c1-12(15-8-5-9-18-15)16-14(11-17)10-13-6-3-2-4-7-13/h2-9,12,14,16-17H,10-11H2,1H3/t12?,14-/m1/s1. The lowest BCUT2D eigenvalue weighted by Crippen LogP contribution is -2.36. The van der Waals surface area contributed by atoms with Gasteiger partial charge in [0.2, 0.25) is 0 Å². The van der Waals surface area contributed by atoms with Crippen LogP contribution in [0.2, 0.25) is 0 Å². The molecule has 2 aromatic rings. The second-order valence-corrected chi connectivity index (χ2v) is 5.45. The van der Waals surface area contributed by atoms with E-state index in [-0.39, 0.29) is 18.7 Å². The first-order valence-electron chi connectivity index (χ1n) is 6.24. The first-order chi connectivity index (χ1) is 8.79. The number of hydrogen-bond acceptors (Lipinski definition) is 3. The molecule has 0 radical (unpaired) electrons. The van der Waals surface area contributed by atoms with Crippen LogP contribution in [-0.2, 0) is 6.42 Å². The largest absolute Gasteiger partial charge is 0.395 e. The SMILES string of the molecule is CC(N[C@@H](CO)Cc1ccccc1)c1cccs1. The van der Waals surface area contributed by atoms with Gasteiger partial charge in [0, 0.05) is 17.0 Å². The van der Waals surface area contributed by atoms with E-state index in [1.165, 1.54) is 10.4 Å². The molecule has 1 unspecified atom stereocenters. The third-order valence-corrected chi connectivity index (χ3v) is 4.06. The number of nitrogens with one attached hydrogen (secondary N) is 1. The molecule has 1 aromatic heterocycles. The molecule has 0 aliphatic rings. The molecule has 18 heavy (non-hydrogen) atoms. The second kappa shape index (κ2) is 6.69. The van der Waals surface area contributed by atoms with Crippen LogP contribution in [0.1, 0.15) is 23.4 Å². The van der Waals surface area contributed by atoms with Crippen molar-refractivity contribution < 1.29 is 5.11 Å². The minimum absolute atomic E-state index is 0.101. The Bertz CT molecular complexity index is 441. The van der Waals surface area contributed by atoms with Gasteiger partial charge in [-0.05, 0) is 30.4 Å². The fourth-order valence-electron chi connectivity index (χ4n) is 2.05. The van der Waals surface area contributed by atoms with Crippen LogP contribution in [0.5, 0.6) is 0 Å². The molecule has 0 amide bonds. The van der Waals surface area contributed by atoms with Crippen molar-refractivity contribution in [2.45, 2.75) is 25.4 Å². The van der Waals surface area contributed by atoms with Crippen LogP contribution in [0.25, 0.3) is 0 Å². The summed E-state index contributed by atoms with van der Waals surface area (Å²) in [5, 5.41) is 15.0. The zero-order chi connectivity index (χ0) is 12.8. The lowest BCUT2D eigenvalue weighted by Gasteiger charge is -2.21. The Labute approximate surface area is 112 Å². The Kier molecular flexibility index (Phi) is 4.93. The van der Waals surface area contributed by atoms with Gasteiger partial charge < -0.3 is 10.4 Å². The van der Waals surface area contributed by atoms with Crippen LogP contribution in [0.4, 0.5) is 0 Å². The fourth-order valence-corrected chi connectivity index (χ4v) is 2.79. The van der Waals surface area contributed by atoms with Gasteiger partial charge in [-0.15, -0.1) is 11.3 Å². The molecule has 1 aromatic carbocycles. The van der Waals surface area contributed by atoms with E-state index in [9.17, 15) is 5.11 Å². The Morgan fingerprint density at radius 1 is 1.17 bits per heavy atom. The van der Waals surface area contributed by atoms with Crippen molar-refractivity contribution in [3.8, 4) is 0 Å². The number of aliphatic hydroxyl groups is 1. The van der Waals surface area contributed by atoms with Gasteiger partial charge in [-0.1, -0.05) is 36.4 Å². The Balaban J connectivity index is 1.93. The minimum atomic E-state index is 0.101. The van der Waals surface area contributed by atoms with Crippen LogP contribution in [0.3, 0.4) is 0 Å². The molecular weight excluding hydrogens is 242 g/mol. The smallest absolute Gasteiger partial charge is 0.0588 e. The maximum atomic E-state index is 9.47. The van der Waals surface area contributed by atoms with Gasteiger partial charge in [-0.25, -0.2) is 0 Å². The van der Waals surface area contributed by atoms with E-state index >= 15 is 0 Å². The number of aliphatic hydroxyl groups excluding tert-OH is 1. The molecule has 0 aliphatic carbocycles. The monoisotopic (exact) mass is 261 g/mol. The summed E-state index contributed by atoms with van der Waals surface area (Å²) in [6.45, 7) is 2.30. The molecule has 0 saturated heterocycles. The third kappa shape index (κ3) is 3.67. The van der Waals surface area contributed by atoms with Crippen LogP contribution in [0.15, 0.2) is 47.8 Å². The van der Waals surface area contributed by atoms with Crippen molar-refractivity contribution in [3.63, 3.8) is 0 Å². The van der Waals surface area contributed by atoms with Crippen LogP contribution in [-0.4, -0.2) is 17.8 Å².